The molecule has 0 heteroatoms. The van der Waals surface area contributed by atoms with E-state index < -0.39 is 0 Å². The van der Waals surface area contributed by atoms with Crippen molar-refractivity contribution in [2.45, 2.75) is 47.0 Å². The summed E-state index contributed by atoms with van der Waals surface area (Å²) in [6, 6.07) is 14.2. The minimum atomic E-state index is 0.726. The molecule has 0 nitrogen and oxygen atoms in total. The second kappa shape index (κ2) is 5.67. The van der Waals surface area contributed by atoms with Crippen LogP contribution in [-0.2, 0) is 19.3 Å². The Morgan fingerprint density at radius 2 is 1.14 bits per heavy atom. The van der Waals surface area contributed by atoms with Crippen LogP contribution in [-0.4, -0.2) is 0 Å². The van der Waals surface area contributed by atoms with Crippen molar-refractivity contribution >= 4 is 0 Å². The molecule has 0 N–H and O–H groups in total. The van der Waals surface area contributed by atoms with Crippen LogP contribution in [0.1, 0.15) is 49.9 Å². The summed E-state index contributed by atoms with van der Waals surface area (Å²) in [5.74, 6) is 1.45. The Labute approximate surface area is 129 Å². The van der Waals surface area contributed by atoms with Crippen molar-refractivity contribution in [1.29, 1.82) is 0 Å². The zero-order valence-electron chi connectivity index (χ0n) is 13.7. The molecule has 0 fully saturated rings. The first-order valence-electron chi connectivity index (χ1n) is 8.27. The van der Waals surface area contributed by atoms with Gasteiger partial charge in [0.2, 0.25) is 0 Å². The van der Waals surface area contributed by atoms with Crippen LogP contribution < -0.4 is 0 Å². The van der Waals surface area contributed by atoms with E-state index in [9.17, 15) is 0 Å². The van der Waals surface area contributed by atoms with Gasteiger partial charge in [0, 0.05) is 0 Å². The summed E-state index contributed by atoms with van der Waals surface area (Å²) in [4.78, 5) is 0. The van der Waals surface area contributed by atoms with E-state index in [0.29, 0.717) is 0 Å². The van der Waals surface area contributed by atoms with Crippen LogP contribution in [0.4, 0.5) is 0 Å². The molecule has 0 bridgehead atoms. The van der Waals surface area contributed by atoms with Gasteiger partial charge >= 0.3 is 0 Å². The van der Waals surface area contributed by atoms with Gasteiger partial charge in [-0.1, -0.05) is 64.1 Å². The summed E-state index contributed by atoms with van der Waals surface area (Å²) in [7, 11) is 0. The molecule has 0 spiro atoms. The fraction of sp³-hybridized carbons (Fsp3) is 0.429. The fourth-order valence-electron chi connectivity index (χ4n) is 3.51. The first kappa shape index (κ1) is 14.4. The first-order chi connectivity index (χ1) is 10.0. The molecule has 110 valence electrons. The topological polar surface area (TPSA) is 0 Å². The second-order valence-electron chi connectivity index (χ2n) is 7.36. The molecule has 0 unspecified atom stereocenters. The molecular formula is C21H26. The lowest BCUT2D eigenvalue weighted by molar-refractivity contribution is 0.647. The predicted octanol–water partition coefficient (Wildman–Crippen LogP) is 5.65. The number of hydrogen-bond acceptors (Lipinski definition) is 0. The van der Waals surface area contributed by atoms with E-state index in [1.165, 1.54) is 46.2 Å². The molecule has 0 heterocycles. The van der Waals surface area contributed by atoms with Crippen LogP contribution >= 0.6 is 0 Å². The Morgan fingerprint density at radius 3 is 1.52 bits per heavy atom. The maximum atomic E-state index is 2.43. The SMILES string of the molecule is CC(C)Cc1ccc2c(c1)Cc1cc(CC(C)C)ccc1-2. The van der Waals surface area contributed by atoms with Gasteiger partial charge in [-0.15, -0.1) is 0 Å². The van der Waals surface area contributed by atoms with Crippen molar-refractivity contribution in [2.24, 2.45) is 11.8 Å². The number of fused-ring (bicyclic) bond motifs is 3. The van der Waals surface area contributed by atoms with Crippen LogP contribution in [0.3, 0.4) is 0 Å². The summed E-state index contributed by atoms with van der Waals surface area (Å²) in [5, 5.41) is 0. The summed E-state index contributed by atoms with van der Waals surface area (Å²) in [5.41, 5.74) is 8.91. The van der Waals surface area contributed by atoms with Gasteiger partial charge in [0.25, 0.3) is 0 Å². The highest BCUT2D eigenvalue weighted by atomic mass is 14.2. The van der Waals surface area contributed by atoms with Crippen molar-refractivity contribution in [2.75, 3.05) is 0 Å². The molecule has 0 aliphatic heterocycles. The second-order valence-corrected chi connectivity index (χ2v) is 7.36. The Balaban J connectivity index is 1.90. The monoisotopic (exact) mass is 278 g/mol. The maximum Gasteiger partial charge on any atom is -0.00133 e. The molecule has 0 aromatic heterocycles. The van der Waals surface area contributed by atoms with Gasteiger partial charge in [0.1, 0.15) is 0 Å². The minimum Gasteiger partial charge on any atom is -0.0625 e. The molecule has 1 aliphatic carbocycles. The Hall–Kier alpha value is -1.56. The Bertz CT molecular complexity index is 590. The van der Waals surface area contributed by atoms with E-state index in [1.54, 1.807) is 0 Å². The number of rotatable bonds is 4. The summed E-state index contributed by atoms with van der Waals surface area (Å²) in [6.45, 7) is 9.17. The average Bonchev–Trinajstić information content (AvgIpc) is 2.73. The van der Waals surface area contributed by atoms with Gasteiger partial charge < -0.3 is 0 Å². The quantitative estimate of drug-likeness (QED) is 0.578. The van der Waals surface area contributed by atoms with Crippen LogP contribution in [0, 0.1) is 11.8 Å². The number of hydrogen-bond donors (Lipinski definition) is 0. The first-order valence-corrected chi connectivity index (χ1v) is 8.27. The van der Waals surface area contributed by atoms with Crippen LogP contribution in [0.5, 0.6) is 0 Å². The maximum absolute atomic E-state index is 2.43. The highest BCUT2D eigenvalue weighted by Crippen LogP contribution is 2.38. The van der Waals surface area contributed by atoms with Gasteiger partial charge in [0.05, 0.1) is 0 Å². The molecule has 1 aliphatic rings. The van der Waals surface area contributed by atoms with E-state index in [4.69, 9.17) is 0 Å². The van der Waals surface area contributed by atoms with Gasteiger partial charge in [-0.05, 0) is 64.5 Å². The average molecular weight is 278 g/mol. The van der Waals surface area contributed by atoms with Crippen molar-refractivity contribution < 1.29 is 0 Å². The van der Waals surface area contributed by atoms with Crippen LogP contribution in [0.15, 0.2) is 36.4 Å². The molecule has 0 amide bonds. The molecule has 0 saturated carbocycles. The highest BCUT2D eigenvalue weighted by molar-refractivity contribution is 5.77. The minimum absolute atomic E-state index is 0.726. The lowest BCUT2D eigenvalue weighted by Gasteiger charge is -2.08. The third kappa shape index (κ3) is 3.05. The standard InChI is InChI=1S/C21H26/c1-14(2)9-16-5-7-20-18(11-16)13-19-12-17(10-15(3)4)6-8-21(19)20/h5-8,11-12,14-15H,9-10,13H2,1-4H3. The Kier molecular flexibility index (Phi) is 3.89. The molecule has 2 aromatic rings. The summed E-state index contributed by atoms with van der Waals surface area (Å²) >= 11 is 0. The Morgan fingerprint density at radius 1 is 0.714 bits per heavy atom. The summed E-state index contributed by atoms with van der Waals surface area (Å²) < 4.78 is 0. The number of benzene rings is 2. The van der Waals surface area contributed by atoms with Crippen LogP contribution in [0.2, 0.25) is 0 Å². The smallest absolute Gasteiger partial charge is 0.00133 e. The van der Waals surface area contributed by atoms with Crippen LogP contribution in [0.25, 0.3) is 11.1 Å². The lowest BCUT2D eigenvalue weighted by atomic mass is 9.97. The third-order valence-corrected chi connectivity index (χ3v) is 4.30. The van der Waals surface area contributed by atoms with Gasteiger partial charge in [-0.25, -0.2) is 0 Å². The van der Waals surface area contributed by atoms with Crippen molar-refractivity contribution in [3.8, 4) is 11.1 Å². The zero-order valence-corrected chi connectivity index (χ0v) is 13.7. The fourth-order valence-corrected chi connectivity index (χ4v) is 3.51. The van der Waals surface area contributed by atoms with Crippen molar-refractivity contribution in [3.63, 3.8) is 0 Å². The van der Waals surface area contributed by atoms with E-state index in [-0.39, 0.29) is 0 Å². The molecule has 3 rings (SSSR count). The molecule has 0 radical (unpaired) electrons. The molecule has 0 atom stereocenters. The van der Waals surface area contributed by atoms with E-state index >= 15 is 0 Å². The normalized spacial score (nSPS) is 12.9. The lowest BCUT2D eigenvalue weighted by Crippen LogP contribution is -1.95. The predicted molar refractivity (Wildman–Crippen MR) is 91.8 cm³/mol. The highest BCUT2D eigenvalue weighted by Gasteiger charge is 2.19. The van der Waals surface area contributed by atoms with Gasteiger partial charge in [-0.3, -0.25) is 0 Å². The van der Waals surface area contributed by atoms with E-state index in [1.807, 2.05) is 0 Å². The molecule has 2 aromatic carbocycles. The van der Waals surface area contributed by atoms with Gasteiger partial charge in [0.15, 0.2) is 0 Å². The van der Waals surface area contributed by atoms with E-state index in [2.05, 4.69) is 64.1 Å². The third-order valence-electron chi connectivity index (χ3n) is 4.30. The summed E-state index contributed by atoms with van der Waals surface area (Å²) in [6.07, 6.45) is 3.48. The zero-order chi connectivity index (χ0) is 15.0. The van der Waals surface area contributed by atoms with Gasteiger partial charge in [-0.2, -0.15) is 0 Å². The molecule has 21 heavy (non-hydrogen) atoms. The van der Waals surface area contributed by atoms with Crippen molar-refractivity contribution in [3.05, 3.63) is 58.7 Å². The largest absolute Gasteiger partial charge is 0.0625 e. The molecule has 0 saturated heterocycles. The van der Waals surface area contributed by atoms with E-state index in [0.717, 1.165) is 18.3 Å². The van der Waals surface area contributed by atoms with Crippen molar-refractivity contribution in [1.82, 2.24) is 0 Å². The molecular weight excluding hydrogens is 252 g/mol.